The zero-order valence-electron chi connectivity index (χ0n) is 11.1. The fraction of sp³-hybridized carbons (Fsp3) is 0.571. The summed E-state index contributed by atoms with van der Waals surface area (Å²) in [5, 5.41) is 6.30. The summed E-state index contributed by atoms with van der Waals surface area (Å²) in [5.41, 5.74) is 0.525. The lowest BCUT2D eigenvalue weighted by molar-refractivity contribution is -0.122. The van der Waals surface area contributed by atoms with Gasteiger partial charge in [-0.05, 0) is 44.9 Å². The topological polar surface area (TPSA) is 54.0 Å². The van der Waals surface area contributed by atoms with E-state index < -0.39 is 0 Å². The van der Waals surface area contributed by atoms with Crippen LogP contribution in [-0.4, -0.2) is 23.0 Å². The zero-order valence-corrected chi connectivity index (χ0v) is 11.1. The van der Waals surface area contributed by atoms with E-state index in [1.165, 1.54) is 0 Å². The van der Waals surface area contributed by atoms with Crippen molar-refractivity contribution in [2.24, 2.45) is 0 Å². The SMILES string of the molecule is CCCC1(C(=O)Nc2cccc(C)n2)CCCN1. The third kappa shape index (κ3) is 2.70. The van der Waals surface area contributed by atoms with E-state index >= 15 is 0 Å². The van der Waals surface area contributed by atoms with Gasteiger partial charge in [0, 0.05) is 5.69 Å². The summed E-state index contributed by atoms with van der Waals surface area (Å²) in [6.07, 6.45) is 3.86. The number of rotatable bonds is 4. The molecule has 0 bridgehead atoms. The van der Waals surface area contributed by atoms with Gasteiger partial charge in [0.2, 0.25) is 5.91 Å². The molecule has 2 heterocycles. The number of nitrogens with one attached hydrogen (secondary N) is 2. The molecule has 1 unspecified atom stereocenters. The van der Waals surface area contributed by atoms with E-state index in [-0.39, 0.29) is 11.4 Å². The van der Waals surface area contributed by atoms with Crippen LogP contribution >= 0.6 is 0 Å². The number of hydrogen-bond acceptors (Lipinski definition) is 3. The third-order valence-electron chi connectivity index (χ3n) is 3.49. The Morgan fingerprint density at radius 2 is 2.39 bits per heavy atom. The smallest absolute Gasteiger partial charge is 0.245 e. The lowest BCUT2D eigenvalue weighted by atomic mass is 9.91. The molecule has 1 aromatic rings. The second-order valence-electron chi connectivity index (χ2n) is 4.98. The minimum atomic E-state index is -0.389. The van der Waals surface area contributed by atoms with Crippen LogP contribution in [0.1, 0.15) is 38.3 Å². The Kier molecular flexibility index (Phi) is 3.97. The molecule has 2 N–H and O–H groups in total. The Bertz CT molecular complexity index is 425. The monoisotopic (exact) mass is 247 g/mol. The first-order chi connectivity index (χ1) is 8.66. The van der Waals surface area contributed by atoms with E-state index in [1.807, 2.05) is 25.1 Å². The van der Waals surface area contributed by atoms with Crippen molar-refractivity contribution >= 4 is 11.7 Å². The number of carbonyl (C=O) groups is 1. The first-order valence-corrected chi connectivity index (χ1v) is 6.66. The Hall–Kier alpha value is -1.42. The summed E-state index contributed by atoms with van der Waals surface area (Å²) in [4.78, 5) is 16.7. The van der Waals surface area contributed by atoms with E-state index in [9.17, 15) is 4.79 Å². The van der Waals surface area contributed by atoms with Crippen LogP contribution in [0.15, 0.2) is 18.2 Å². The van der Waals surface area contributed by atoms with Crippen LogP contribution in [0, 0.1) is 6.92 Å². The molecule has 2 rings (SSSR count). The van der Waals surface area contributed by atoms with Crippen molar-refractivity contribution in [3.05, 3.63) is 23.9 Å². The highest BCUT2D eigenvalue weighted by Crippen LogP contribution is 2.26. The first kappa shape index (κ1) is 13.0. The fourth-order valence-electron chi connectivity index (χ4n) is 2.60. The van der Waals surface area contributed by atoms with Crippen molar-refractivity contribution in [2.45, 2.75) is 45.1 Å². The standard InChI is InChI=1S/C14H21N3O/c1-3-8-14(9-5-10-15-14)13(18)17-12-7-4-6-11(2)16-12/h4,6-7,15H,3,5,8-10H2,1-2H3,(H,16,17,18). The van der Waals surface area contributed by atoms with Crippen molar-refractivity contribution in [1.82, 2.24) is 10.3 Å². The average Bonchev–Trinajstić information content (AvgIpc) is 2.79. The highest BCUT2D eigenvalue weighted by atomic mass is 16.2. The largest absolute Gasteiger partial charge is 0.309 e. The number of carbonyl (C=O) groups excluding carboxylic acids is 1. The van der Waals surface area contributed by atoms with Gasteiger partial charge < -0.3 is 10.6 Å². The number of pyridine rings is 1. The summed E-state index contributed by atoms with van der Waals surface area (Å²) in [7, 11) is 0. The Morgan fingerprint density at radius 3 is 3.00 bits per heavy atom. The van der Waals surface area contributed by atoms with Crippen LogP contribution in [-0.2, 0) is 4.79 Å². The average molecular weight is 247 g/mol. The number of amides is 1. The van der Waals surface area contributed by atoms with Gasteiger partial charge in [-0.1, -0.05) is 19.4 Å². The molecule has 1 aromatic heterocycles. The van der Waals surface area contributed by atoms with E-state index in [4.69, 9.17) is 0 Å². The maximum absolute atomic E-state index is 12.4. The van der Waals surface area contributed by atoms with Gasteiger partial charge in [-0.15, -0.1) is 0 Å². The summed E-state index contributed by atoms with van der Waals surface area (Å²) < 4.78 is 0. The third-order valence-corrected chi connectivity index (χ3v) is 3.49. The summed E-state index contributed by atoms with van der Waals surface area (Å²) in [6, 6.07) is 5.66. The van der Waals surface area contributed by atoms with Gasteiger partial charge in [0.1, 0.15) is 5.82 Å². The summed E-state index contributed by atoms with van der Waals surface area (Å²) in [5.74, 6) is 0.698. The molecule has 1 amide bonds. The summed E-state index contributed by atoms with van der Waals surface area (Å²) >= 11 is 0. The molecule has 0 aliphatic carbocycles. The van der Waals surface area contributed by atoms with Crippen molar-refractivity contribution in [2.75, 3.05) is 11.9 Å². The van der Waals surface area contributed by atoms with Crippen LogP contribution < -0.4 is 10.6 Å². The molecule has 0 spiro atoms. The predicted octanol–water partition coefficient (Wildman–Crippen LogP) is 2.25. The van der Waals surface area contributed by atoms with Crippen molar-refractivity contribution in [3.63, 3.8) is 0 Å². The highest BCUT2D eigenvalue weighted by Gasteiger charge is 2.39. The Morgan fingerprint density at radius 1 is 1.56 bits per heavy atom. The maximum atomic E-state index is 12.4. The minimum Gasteiger partial charge on any atom is -0.309 e. The number of hydrogen-bond donors (Lipinski definition) is 2. The fourth-order valence-corrected chi connectivity index (χ4v) is 2.60. The maximum Gasteiger partial charge on any atom is 0.245 e. The first-order valence-electron chi connectivity index (χ1n) is 6.66. The van der Waals surface area contributed by atoms with Crippen LogP contribution in [0.4, 0.5) is 5.82 Å². The molecular formula is C14H21N3O. The Labute approximate surface area is 108 Å². The molecule has 18 heavy (non-hydrogen) atoms. The van der Waals surface area contributed by atoms with Gasteiger partial charge in [-0.2, -0.15) is 0 Å². The molecule has 1 saturated heterocycles. The molecule has 0 saturated carbocycles. The molecule has 4 heteroatoms. The predicted molar refractivity (Wildman–Crippen MR) is 72.5 cm³/mol. The number of nitrogens with zero attached hydrogens (tertiary/aromatic N) is 1. The summed E-state index contributed by atoms with van der Waals surface area (Å²) in [6.45, 7) is 4.96. The van der Waals surface area contributed by atoms with Gasteiger partial charge in [0.25, 0.3) is 0 Å². The molecule has 4 nitrogen and oxygen atoms in total. The molecule has 1 fully saturated rings. The molecular weight excluding hydrogens is 226 g/mol. The van der Waals surface area contributed by atoms with Crippen LogP contribution in [0.5, 0.6) is 0 Å². The number of aromatic nitrogens is 1. The molecule has 0 radical (unpaired) electrons. The quantitative estimate of drug-likeness (QED) is 0.858. The normalized spacial score (nSPS) is 23.0. The zero-order chi connectivity index (χ0) is 13.0. The second kappa shape index (κ2) is 5.48. The van der Waals surface area contributed by atoms with Crippen molar-refractivity contribution in [1.29, 1.82) is 0 Å². The van der Waals surface area contributed by atoms with Crippen LogP contribution in [0.3, 0.4) is 0 Å². The molecule has 98 valence electrons. The molecule has 1 atom stereocenters. The lowest BCUT2D eigenvalue weighted by Crippen LogP contribution is -2.50. The lowest BCUT2D eigenvalue weighted by Gasteiger charge is -2.27. The van der Waals surface area contributed by atoms with Crippen molar-refractivity contribution < 1.29 is 4.79 Å². The van der Waals surface area contributed by atoms with Crippen molar-refractivity contribution in [3.8, 4) is 0 Å². The van der Waals surface area contributed by atoms with Gasteiger partial charge in [0.05, 0.1) is 5.54 Å². The number of anilines is 1. The molecule has 1 aliphatic rings. The Balaban J connectivity index is 2.10. The minimum absolute atomic E-state index is 0.0555. The van der Waals surface area contributed by atoms with Gasteiger partial charge in [-0.25, -0.2) is 4.98 Å². The van der Waals surface area contributed by atoms with E-state index in [1.54, 1.807) is 0 Å². The van der Waals surface area contributed by atoms with Crippen LogP contribution in [0.25, 0.3) is 0 Å². The van der Waals surface area contributed by atoms with E-state index in [0.717, 1.165) is 37.9 Å². The van der Waals surface area contributed by atoms with Gasteiger partial charge in [0.15, 0.2) is 0 Å². The molecule has 0 aromatic carbocycles. The van der Waals surface area contributed by atoms with Gasteiger partial charge >= 0.3 is 0 Å². The van der Waals surface area contributed by atoms with Gasteiger partial charge in [-0.3, -0.25) is 4.79 Å². The second-order valence-corrected chi connectivity index (χ2v) is 4.98. The van der Waals surface area contributed by atoms with E-state index in [2.05, 4.69) is 22.5 Å². The van der Waals surface area contributed by atoms with Crippen LogP contribution in [0.2, 0.25) is 0 Å². The number of aryl methyl sites for hydroxylation is 1. The van der Waals surface area contributed by atoms with E-state index in [0.29, 0.717) is 5.82 Å². The highest BCUT2D eigenvalue weighted by molar-refractivity contribution is 5.97. The molecule has 1 aliphatic heterocycles.